The Morgan fingerprint density at radius 2 is 1.94 bits per heavy atom. The molecule has 0 heterocycles. The van der Waals surface area contributed by atoms with Crippen LogP contribution in [0.2, 0.25) is 0 Å². The first-order chi connectivity index (χ1) is 7.65. The molecule has 1 amide bonds. The molecule has 0 aliphatic rings. The summed E-state index contributed by atoms with van der Waals surface area (Å²) in [6.07, 6.45) is 3.04. The van der Waals surface area contributed by atoms with Crippen molar-refractivity contribution in [1.82, 2.24) is 5.32 Å². The largest absolute Gasteiger partial charge is 0.372 e. The molecule has 3 N–H and O–H groups in total. The van der Waals surface area contributed by atoms with E-state index in [0.717, 1.165) is 19.3 Å². The second kappa shape index (κ2) is 9.60. The Morgan fingerprint density at radius 1 is 1.31 bits per heavy atom. The highest BCUT2D eigenvalue weighted by Gasteiger charge is 2.14. The van der Waals surface area contributed by atoms with Gasteiger partial charge in [-0.25, -0.2) is 0 Å². The Labute approximate surface area is 98.9 Å². The molecule has 0 saturated carbocycles. The average Bonchev–Trinajstić information content (AvgIpc) is 2.28. The maximum absolute atomic E-state index is 11.3. The summed E-state index contributed by atoms with van der Waals surface area (Å²) >= 11 is 0. The fraction of sp³-hybridized carbons (Fsp3) is 0.917. The molecule has 0 bridgehead atoms. The van der Waals surface area contributed by atoms with Gasteiger partial charge in [-0.15, -0.1) is 0 Å². The van der Waals surface area contributed by atoms with E-state index in [1.807, 2.05) is 6.92 Å². The van der Waals surface area contributed by atoms with Crippen LogP contribution in [0.15, 0.2) is 0 Å². The highest BCUT2D eigenvalue weighted by molar-refractivity contribution is 5.77. The third kappa shape index (κ3) is 6.80. The maximum Gasteiger partial charge on any atom is 0.246 e. The summed E-state index contributed by atoms with van der Waals surface area (Å²) < 4.78 is 5.14. The zero-order valence-electron chi connectivity index (χ0n) is 10.8. The zero-order chi connectivity index (χ0) is 12.4. The molecule has 0 spiro atoms. The molecule has 0 fully saturated rings. The second-order valence-electron chi connectivity index (χ2n) is 4.10. The van der Waals surface area contributed by atoms with Gasteiger partial charge in [0.05, 0.1) is 0 Å². The molecule has 0 aromatic rings. The summed E-state index contributed by atoms with van der Waals surface area (Å²) in [4.78, 5) is 11.3. The summed E-state index contributed by atoms with van der Waals surface area (Å²) in [5.74, 6) is 0.409. The van der Waals surface area contributed by atoms with Crippen molar-refractivity contribution in [2.45, 2.75) is 46.1 Å². The lowest BCUT2D eigenvalue weighted by Crippen LogP contribution is -2.42. The lowest BCUT2D eigenvalue weighted by Gasteiger charge is -2.21. The van der Waals surface area contributed by atoms with E-state index in [1.165, 1.54) is 0 Å². The fourth-order valence-corrected chi connectivity index (χ4v) is 1.65. The van der Waals surface area contributed by atoms with Gasteiger partial charge >= 0.3 is 0 Å². The van der Waals surface area contributed by atoms with Crippen LogP contribution in [0.3, 0.4) is 0 Å². The van der Waals surface area contributed by atoms with Gasteiger partial charge in [0, 0.05) is 19.2 Å². The van der Waals surface area contributed by atoms with Crippen LogP contribution in [-0.4, -0.2) is 31.7 Å². The predicted octanol–water partition coefficient (Wildman–Crippen LogP) is 1.29. The van der Waals surface area contributed by atoms with Crippen molar-refractivity contribution in [1.29, 1.82) is 0 Å². The molecule has 0 aliphatic heterocycles. The van der Waals surface area contributed by atoms with Crippen molar-refractivity contribution < 1.29 is 9.53 Å². The van der Waals surface area contributed by atoms with Gasteiger partial charge in [0.15, 0.2) is 0 Å². The van der Waals surface area contributed by atoms with E-state index in [0.29, 0.717) is 19.1 Å². The van der Waals surface area contributed by atoms with Crippen molar-refractivity contribution in [3.8, 4) is 0 Å². The molecule has 0 aliphatic carbocycles. The molecule has 1 atom stereocenters. The minimum absolute atomic E-state index is 0.0464. The minimum atomic E-state index is -0.0742. The smallest absolute Gasteiger partial charge is 0.246 e. The normalized spacial score (nSPS) is 12.8. The van der Waals surface area contributed by atoms with Gasteiger partial charge in [-0.3, -0.25) is 4.79 Å². The first-order valence-corrected chi connectivity index (χ1v) is 6.25. The molecule has 4 heteroatoms. The number of carbonyl (C=O) groups is 1. The van der Waals surface area contributed by atoms with Crippen molar-refractivity contribution >= 4 is 5.91 Å². The monoisotopic (exact) mass is 230 g/mol. The number of nitrogens with one attached hydrogen (secondary N) is 1. The molecular weight excluding hydrogens is 204 g/mol. The van der Waals surface area contributed by atoms with Crippen molar-refractivity contribution in [2.24, 2.45) is 11.7 Å². The van der Waals surface area contributed by atoms with Crippen molar-refractivity contribution in [2.75, 3.05) is 19.8 Å². The minimum Gasteiger partial charge on any atom is -0.372 e. The van der Waals surface area contributed by atoms with Crippen LogP contribution in [0.1, 0.15) is 40.0 Å². The molecule has 0 saturated heterocycles. The SMILES string of the molecule is CCCOCC(=O)NCC(N)C(CC)CC. The topological polar surface area (TPSA) is 64.3 Å². The second-order valence-corrected chi connectivity index (χ2v) is 4.10. The number of ether oxygens (including phenoxy) is 1. The van der Waals surface area contributed by atoms with Gasteiger partial charge in [0.1, 0.15) is 6.61 Å². The van der Waals surface area contributed by atoms with Crippen LogP contribution in [0.5, 0.6) is 0 Å². The molecule has 96 valence electrons. The van der Waals surface area contributed by atoms with E-state index < -0.39 is 0 Å². The van der Waals surface area contributed by atoms with Crippen LogP contribution in [0, 0.1) is 5.92 Å². The van der Waals surface area contributed by atoms with Crippen LogP contribution in [0.4, 0.5) is 0 Å². The van der Waals surface area contributed by atoms with E-state index in [-0.39, 0.29) is 18.6 Å². The van der Waals surface area contributed by atoms with Gasteiger partial charge in [-0.05, 0) is 12.3 Å². The number of hydrogen-bond acceptors (Lipinski definition) is 3. The Hall–Kier alpha value is -0.610. The summed E-state index contributed by atoms with van der Waals surface area (Å²) in [6, 6.07) is 0.0464. The van der Waals surface area contributed by atoms with E-state index in [1.54, 1.807) is 0 Å². The molecular formula is C12H26N2O2. The molecule has 16 heavy (non-hydrogen) atoms. The first-order valence-electron chi connectivity index (χ1n) is 6.25. The molecule has 0 aromatic heterocycles. The lowest BCUT2D eigenvalue weighted by molar-refractivity contribution is -0.125. The molecule has 1 unspecified atom stereocenters. The average molecular weight is 230 g/mol. The van der Waals surface area contributed by atoms with Gasteiger partial charge in [-0.2, -0.15) is 0 Å². The van der Waals surface area contributed by atoms with Gasteiger partial charge in [-0.1, -0.05) is 33.6 Å². The highest BCUT2D eigenvalue weighted by atomic mass is 16.5. The predicted molar refractivity (Wildman–Crippen MR) is 66.2 cm³/mol. The number of nitrogens with two attached hydrogens (primary N) is 1. The maximum atomic E-state index is 11.3. The zero-order valence-corrected chi connectivity index (χ0v) is 10.8. The Morgan fingerprint density at radius 3 is 2.44 bits per heavy atom. The van der Waals surface area contributed by atoms with Gasteiger partial charge in [0.25, 0.3) is 0 Å². The number of amides is 1. The summed E-state index contributed by atoms with van der Waals surface area (Å²) in [7, 11) is 0. The summed E-state index contributed by atoms with van der Waals surface area (Å²) in [5, 5.41) is 2.80. The Kier molecular flexibility index (Phi) is 9.24. The Balaban J connectivity index is 3.65. The van der Waals surface area contributed by atoms with Crippen molar-refractivity contribution in [3.63, 3.8) is 0 Å². The standard InChI is InChI=1S/C12H26N2O2/c1-4-7-16-9-12(15)14-8-11(13)10(5-2)6-3/h10-11H,4-9,13H2,1-3H3,(H,14,15). The van der Waals surface area contributed by atoms with Gasteiger partial charge < -0.3 is 15.8 Å². The lowest BCUT2D eigenvalue weighted by atomic mass is 9.95. The first kappa shape index (κ1) is 15.4. The fourth-order valence-electron chi connectivity index (χ4n) is 1.65. The van der Waals surface area contributed by atoms with E-state index in [4.69, 9.17) is 10.5 Å². The van der Waals surface area contributed by atoms with Crippen LogP contribution >= 0.6 is 0 Å². The van der Waals surface area contributed by atoms with E-state index >= 15 is 0 Å². The van der Waals surface area contributed by atoms with E-state index in [9.17, 15) is 4.79 Å². The summed E-state index contributed by atoms with van der Waals surface area (Å²) in [5.41, 5.74) is 5.99. The molecule has 0 aromatic carbocycles. The third-order valence-corrected chi connectivity index (χ3v) is 2.77. The van der Waals surface area contributed by atoms with Crippen LogP contribution < -0.4 is 11.1 Å². The molecule has 0 rings (SSSR count). The summed E-state index contributed by atoms with van der Waals surface area (Å²) in [6.45, 7) is 7.58. The van der Waals surface area contributed by atoms with E-state index in [2.05, 4.69) is 19.2 Å². The van der Waals surface area contributed by atoms with Crippen molar-refractivity contribution in [3.05, 3.63) is 0 Å². The quantitative estimate of drug-likeness (QED) is 0.587. The Bertz CT molecular complexity index is 182. The molecule has 0 radical (unpaired) electrons. The third-order valence-electron chi connectivity index (χ3n) is 2.77. The number of carbonyl (C=O) groups excluding carboxylic acids is 1. The van der Waals surface area contributed by atoms with Gasteiger partial charge in [0.2, 0.25) is 5.91 Å². The highest BCUT2D eigenvalue weighted by Crippen LogP contribution is 2.10. The number of rotatable bonds is 9. The molecule has 4 nitrogen and oxygen atoms in total. The van der Waals surface area contributed by atoms with Crippen LogP contribution in [0.25, 0.3) is 0 Å². The van der Waals surface area contributed by atoms with Crippen LogP contribution in [-0.2, 0) is 9.53 Å². The number of hydrogen-bond donors (Lipinski definition) is 2.